The number of carboxylic acids is 1. The summed E-state index contributed by atoms with van der Waals surface area (Å²) in [6, 6.07) is -0.489. The second-order valence-electron chi connectivity index (χ2n) is 5.66. The van der Waals surface area contributed by atoms with Crippen LogP contribution in [0.5, 0.6) is 0 Å². The van der Waals surface area contributed by atoms with Gasteiger partial charge in [-0.05, 0) is 24.3 Å². The zero-order valence-corrected chi connectivity index (χ0v) is 10.7. The molecule has 16 heavy (non-hydrogen) atoms. The van der Waals surface area contributed by atoms with Gasteiger partial charge in [-0.25, -0.2) is 0 Å². The van der Waals surface area contributed by atoms with Crippen LogP contribution >= 0.6 is 0 Å². The molecular formula is C12H23NO3. The van der Waals surface area contributed by atoms with E-state index in [4.69, 9.17) is 9.84 Å². The molecule has 1 fully saturated rings. The van der Waals surface area contributed by atoms with Crippen molar-refractivity contribution in [3.63, 3.8) is 0 Å². The van der Waals surface area contributed by atoms with Gasteiger partial charge in [0.2, 0.25) is 0 Å². The number of aliphatic carboxylic acids is 1. The molecule has 0 bridgehead atoms. The van der Waals surface area contributed by atoms with Crippen molar-refractivity contribution in [2.24, 2.45) is 11.3 Å². The quantitative estimate of drug-likeness (QED) is 0.793. The number of ether oxygens (including phenoxy) is 1. The van der Waals surface area contributed by atoms with Crippen LogP contribution < -0.4 is 0 Å². The van der Waals surface area contributed by atoms with Crippen molar-refractivity contribution in [1.82, 2.24) is 4.90 Å². The first kappa shape index (κ1) is 13.5. The van der Waals surface area contributed by atoms with Gasteiger partial charge in [-0.3, -0.25) is 9.69 Å². The molecular weight excluding hydrogens is 206 g/mol. The summed E-state index contributed by atoms with van der Waals surface area (Å²) >= 11 is 0. The largest absolute Gasteiger partial charge is 0.480 e. The fourth-order valence-electron chi connectivity index (χ4n) is 2.27. The molecule has 0 spiro atoms. The van der Waals surface area contributed by atoms with Crippen LogP contribution in [0.3, 0.4) is 0 Å². The normalized spacial score (nSPS) is 24.6. The first-order valence-electron chi connectivity index (χ1n) is 5.82. The van der Waals surface area contributed by atoms with Gasteiger partial charge >= 0.3 is 5.97 Å². The maximum Gasteiger partial charge on any atom is 0.323 e. The molecule has 1 heterocycles. The van der Waals surface area contributed by atoms with Gasteiger partial charge in [0, 0.05) is 13.7 Å². The van der Waals surface area contributed by atoms with Crippen molar-refractivity contribution in [3.05, 3.63) is 0 Å². The lowest BCUT2D eigenvalue weighted by Gasteiger charge is -2.28. The number of rotatable bonds is 4. The van der Waals surface area contributed by atoms with Gasteiger partial charge < -0.3 is 9.84 Å². The van der Waals surface area contributed by atoms with Crippen LogP contribution in [0.2, 0.25) is 0 Å². The summed E-state index contributed by atoms with van der Waals surface area (Å²) in [6.07, 6.45) is 1.08. The number of hydrogen-bond donors (Lipinski definition) is 1. The molecule has 1 aliphatic heterocycles. The van der Waals surface area contributed by atoms with Gasteiger partial charge in [-0.1, -0.05) is 20.8 Å². The molecule has 0 aromatic heterocycles. The number of nitrogens with zero attached hydrogens (tertiary/aromatic N) is 1. The summed E-state index contributed by atoms with van der Waals surface area (Å²) < 4.78 is 4.98. The topological polar surface area (TPSA) is 49.8 Å². The van der Waals surface area contributed by atoms with Crippen molar-refractivity contribution < 1.29 is 14.6 Å². The molecule has 1 aliphatic rings. The second-order valence-corrected chi connectivity index (χ2v) is 5.66. The Balaban J connectivity index is 2.59. The van der Waals surface area contributed by atoms with Gasteiger partial charge in [-0.15, -0.1) is 0 Å². The van der Waals surface area contributed by atoms with Gasteiger partial charge in [0.05, 0.1) is 6.61 Å². The van der Waals surface area contributed by atoms with Gasteiger partial charge in [0.1, 0.15) is 6.04 Å². The molecule has 0 saturated carbocycles. The highest BCUT2D eigenvalue weighted by Gasteiger charge is 2.36. The fraction of sp³-hybridized carbons (Fsp3) is 0.917. The molecule has 4 heteroatoms. The van der Waals surface area contributed by atoms with E-state index in [1.807, 2.05) is 4.90 Å². The van der Waals surface area contributed by atoms with E-state index in [1.54, 1.807) is 7.11 Å². The summed E-state index contributed by atoms with van der Waals surface area (Å²) in [6.45, 7) is 8.64. The number of carboxylic acid groups (broad SMARTS) is 1. The molecule has 1 rings (SSSR count). The van der Waals surface area contributed by atoms with E-state index >= 15 is 0 Å². The monoisotopic (exact) mass is 229 g/mol. The van der Waals surface area contributed by atoms with Crippen molar-refractivity contribution in [2.75, 3.05) is 26.8 Å². The summed E-state index contributed by atoms with van der Waals surface area (Å²) in [4.78, 5) is 13.1. The molecule has 0 amide bonds. The highest BCUT2D eigenvalue weighted by molar-refractivity contribution is 5.73. The van der Waals surface area contributed by atoms with Crippen LogP contribution in [0.15, 0.2) is 0 Å². The molecule has 0 radical (unpaired) electrons. The Bertz CT molecular complexity index is 247. The maximum absolute atomic E-state index is 11.1. The predicted molar refractivity (Wildman–Crippen MR) is 62.4 cm³/mol. The number of hydrogen-bond acceptors (Lipinski definition) is 3. The van der Waals surface area contributed by atoms with Crippen LogP contribution in [0.25, 0.3) is 0 Å². The maximum atomic E-state index is 11.1. The molecule has 94 valence electrons. The fourth-order valence-corrected chi connectivity index (χ4v) is 2.27. The average molecular weight is 229 g/mol. The van der Waals surface area contributed by atoms with Gasteiger partial charge in [-0.2, -0.15) is 0 Å². The highest BCUT2D eigenvalue weighted by Crippen LogP contribution is 2.34. The molecule has 0 aromatic rings. The van der Waals surface area contributed by atoms with E-state index in [9.17, 15) is 4.79 Å². The predicted octanol–water partition coefficient (Wildman–Crippen LogP) is 1.45. The standard InChI is InChI=1S/C12H23NO3/c1-12(2,3)9-5-6-13(7-9)10(8-16-4)11(14)15/h9-10H,5-8H2,1-4H3,(H,14,15). The van der Waals surface area contributed by atoms with Crippen molar-refractivity contribution in [3.8, 4) is 0 Å². The van der Waals surface area contributed by atoms with E-state index in [1.165, 1.54) is 0 Å². The lowest BCUT2D eigenvalue weighted by Crippen LogP contribution is -2.43. The smallest absolute Gasteiger partial charge is 0.323 e. The van der Waals surface area contributed by atoms with Crippen molar-refractivity contribution in [1.29, 1.82) is 0 Å². The van der Waals surface area contributed by atoms with Crippen LogP contribution in [0.4, 0.5) is 0 Å². The average Bonchev–Trinajstić information content (AvgIpc) is 2.61. The van der Waals surface area contributed by atoms with Crippen molar-refractivity contribution >= 4 is 5.97 Å². The third kappa shape index (κ3) is 3.19. The Morgan fingerprint density at radius 2 is 2.19 bits per heavy atom. The Morgan fingerprint density at radius 1 is 1.56 bits per heavy atom. The van der Waals surface area contributed by atoms with Crippen LogP contribution in [-0.4, -0.2) is 48.8 Å². The van der Waals surface area contributed by atoms with E-state index in [0.29, 0.717) is 5.92 Å². The summed E-state index contributed by atoms with van der Waals surface area (Å²) in [5, 5.41) is 9.13. The highest BCUT2D eigenvalue weighted by atomic mass is 16.5. The minimum Gasteiger partial charge on any atom is -0.480 e. The Labute approximate surface area is 97.6 Å². The first-order valence-corrected chi connectivity index (χ1v) is 5.82. The van der Waals surface area contributed by atoms with Crippen LogP contribution in [-0.2, 0) is 9.53 Å². The van der Waals surface area contributed by atoms with Crippen LogP contribution in [0, 0.1) is 11.3 Å². The third-order valence-electron chi connectivity index (χ3n) is 3.49. The third-order valence-corrected chi connectivity index (χ3v) is 3.49. The van der Waals surface area contributed by atoms with Gasteiger partial charge in [0.25, 0.3) is 0 Å². The summed E-state index contributed by atoms with van der Waals surface area (Å²) in [5.74, 6) is -0.206. The molecule has 2 atom stereocenters. The van der Waals surface area contributed by atoms with E-state index in [0.717, 1.165) is 19.5 Å². The first-order chi connectivity index (χ1) is 7.36. The molecule has 1 N–H and O–H groups in total. The molecule has 2 unspecified atom stereocenters. The van der Waals surface area contributed by atoms with E-state index in [-0.39, 0.29) is 12.0 Å². The molecule has 0 aliphatic carbocycles. The van der Waals surface area contributed by atoms with Crippen molar-refractivity contribution in [2.45, 2.75) is 33.2 Å². The molecule has 4 nitrogen and oxygen atoms in total. The Hall–Kier alpha value is -0.610. The zero-order chi connectivity index (χ0) is 12.3. The molecule has 0 aromatic carbocycles. The Morgan fingerprint density at radius 3 is 2.56 bits per heavy atom. The number of carbonyl (C=O) groups is 1. The molecule has 1 saturated heterocycles. The lowest BCUT2D eigenvalue weighted by molar-refractivity contribution is -0.145. The van der Waals surface area contributed by atoms with E-state index in [2.05, 4.69) is 20.8 Å². The van der Waals surface area contributed by atoms with Crippen LogP contribution in [0.1, 0.15) is 27.2 Å². The van der Waals surface area contributed by atoms with Gasteiger partial charge in [0.15, 0.2) is 0 Å². The zero-order valence-electron chi connectivity index (χ0n) is 10.7. The minimum absolute atomic E-state index is 0.255. The second kappa shape index (κ2) is 5.15. The Kier molecular flexibility index (Phi) is 4.33. The number of likely N-dealkylation sites (tertiary alicyclic amines) is 1. The van der Waals surface area contributed by atoms with E-state index < -0.39 is 12.0 Å². The SMILES string of the molecule is COCC(C(=O)O)N1CCC(C(C)(C)C)C1. The minimum atomic E-state index is -0.781. The summed E-state index contributed by atoms with van der Waals surface area (Å²) in [7, 11) is 1.55. The lowest BCUT2D eigenvalue weighted by atomic mass is 9.80. The summed E-state index contributed by atoms with van der Waals surface area (Å²) in [5.41, 5.74) is 0.255. The number of methoxy groups -OCH3 is 1.